The fourth-order valence-corrected chi connectivity index (χ4v) is 2.35. The van der Waals surface area contributed by atoms with Crippen molar-refractivity contribution in [2.45, 2.75) is 61.8 Å². The Bertz CT molecular complexity index is 383. The second-order valence-corrected chi connectivity index (χ2v) is 7.98. The van der Waals surface area contributed by atoms with Gasteiger partial charge in [0.2, 0.25) is 0 Å². The van der Waals surface area contributed by atoms with Crippen LogP contribution in [0.3, 0.4) is 0 Å². The second-order valence-electron chi connectivity index (χ2n) is 7.98. The minimum Gasteiger partial charge on any atom is -0.501 e. The summed E-state index contributed by atoms with van der Waals surface area (Å²) in [6.45, 7) is 22.0. The average Bonchev–Trinajstić information content (AvgIpc) is 2.29. The largest absolute Gasteiger partial charge is 0.501 e. The molecule has 1 unspecified atom stereocenters. The number of rotatable bonds is 5. The zero-order chi connectivity index (χ0) is 16.1. The molecule has 1 nitrogen and oxygen atoms in total. The van der Waals surface area contributed by atoms with E-state index in [9.17, 15) is 0 Å². The van der Waals surface area contributed by atoms with Crippen LogP contribution in [0.25, 0.3) is 0 Å². The summed E-state index contributed by atoms with van der Waals surface area (Å²) in [5.74, 6) is 1.45. The minimum absolute atomic E-state index is 0.217. The van der Waals surface area contributed by atoms with Gasteiger partial charge in [-0.2, -0.15) is 0 Å². The molecular weight excluding hydrogens is 244 g/mol. The molecule has 0 saturated heterocycles. The van der Waals surface area contributed by atoms with Crippen molar-refractivity contribution in [2.75, 3.05) is 7.11 Å². The Hall–Kier alpha value is -0.980. The van der Waals surface area contributed by atoms with E-state index in [0.29, 0.717) is 11.3 Å². The van der Waals surface area contributed by atoms with E-state index >= 15 is 0 Å². The Morgan fingerprint density at radius 3 is 1.90 bits per heavy atom. The zero-order valence-corrected chi connectivity index (χ0v) is 15.1. The van der Waals surface area contributed by atoms with Crippen molar-refractivity contribution in [3.8, 4) is 0 Å². The number of hydrogen-bond donors (Lipinski definition) is 0. The van der Waals surface area contributed by atoms with Gasteiger partial charge < -0.3 is 4.74 Å². The highest BCUT2D eigenvalue weighted by Crippen LogP contribution is 2.41. The van der Waals surface area contributed by atoms with Crippen LogP contribution in [0, 0.1) is 16.7 Å². The summed E-state index contributed by atoms with van der Waals surface area (Å²) in [5, 5.41) is 0. The molecular formula is C19H34O. The van der Waals surface area contributed by atoms with Crippen molar-refractivity contribution >= 4 is 0 Å². The highest BCUT2D eigenvalue weighted by atomic mass is 16.5. The molecule has 0 radical (unpaired) electrons. The Balaban J connectivity index is 5.64. The highest BCUT2D eigenvalue weighted by molar-refractivity contribution is 5.32. The van der Waals surface area contributed by atoms with Crippen molar-refractivity contribution in [3.63, 3.8) is 0 Å². The van der Waals surface area contributed by atoms with E-state index in [2.05, 4.69) is 61.1 Å². The molecule has 0 aromatic heterocycles. The second kappa shape index (κ2) is 7.15. The Morgan fingerprint density at radius 2 is 1.60 bits per heavy atom. The summed E-state index contributed by atoms with van der Waals surface area (Å²) in [6, 6.07) is 0. The van der Waals surface area contributed by atoms with Gasteiger partial charge in [-0.3, -0.25) is 0 Å². The van der Waals surface area contributed by atoms with Gasteiger partial charge in [0.25, 0.3) is 0 Å². The Labute approximate surface area is 126 Å². The molecule has 1 atom stereocenters. The minimum atomic E-state index is 0.217. The summed E-state index contributed by atoms with van der Waals surface area (Å²) in [7, 11) is 1.72. The third kappa shape index (κ3) is 6.45. The number of methoxy groups -OCH3 is 1. The first-order valence-electron chi connectivity index (χ1n) is 7.48. The smallest absolute Gasteiger partial charge is 0.0953 e. The molecule has 0 aliphatic carbocycles. The number of hydrogen-bond acceptors (Lipinski definition) is 1. The van der Waals surface area contributed by atoms with E-state index in [4.69, 9.17) is 4.74 Å². The van der Waals surface area contributed by atoms with Gasteiger partial charge >= 0.3 is 0 Å². The summed E-state index contributed by atoms with van der Waals surface area (Å²) in [5.41, 5.74) is 2.99. The van der Waals surface area contributed by atoms with Gasteiger partial charge in [0.05, 0.1) is 12.9 Å². The molecule has 0 N–H and O–H groups in total. The highest BCUT2D eigenvalue weighted by Gasteiger charge is 2.30. The van der Waals surface area contributed by atoms with Gasteiger partial charge in [-0.05, 0) is 48.2 Å². The van der Waals surface area contributed by atoms with Gasteiger partial charge in [0, 0.05) is 0 Å². The van der Waals surface area contributed by atoms with Crippen LogP contribution in [0.1, 0.15) is 61.8 Å². The normalized spacial score (nSPS) is 16.6. The number of allylic oxidation sites excluding steroid dienone is 5. The monoisotopic (exact) mass is 278 g/mol. The summed E-state index contributed by atoms with van der Waals surface area (Å²) < 4.78 is 5.32. The lowest BCUT2D eigenvalue weighted by Crippen LogP contribution is -2.27. The quantitative estimate of drug-likeness (QED) is 0.433. The topological polar surface area (TPSA) is 9.23 Å². The van der Waals surface area contributed by atoms with Crippen LogP contribution in [0.4, 0.5) is 0 Å². The molecule has 0 bridgehead atoms. The first kappa shape index (κ1) is 19.0. The van der Waals surface area contributed by atoms with E-state index in [-0.39, 0.29) is 5.41 Å². The molecule has 0 aliphatic rings. The maximum Gasteiger partial charge on any atom is 0.0953 e. The molecule has 0 saturated carbocycles. The molecule has 0 aliphatic heterocycles. The van der Waals surface area contributed by atoms with Crippen molar-refractivity contribution in [3.05, 3.63) is 35.6 Å². The molecule has 0 spiro atoms. The lowest BCUT2D eigenvalue weighted by Gasteiger charge is -2.36. The van der Waals surface area contributed by atoms with E-state index in [0.717, 1.165) is 12.2 Å². The third-order valence-electron chi connectivity index (χ3n) is 3.74. The molecule has 0 heterocycles. The van der Waals surface area contributed by atoms with Crippen LogP contribution in [0.2, 0.25) is 0 Å². The van der Waals surface area contributed by atoms with Crippen LogP contribution in [0.5, 0.6) is 0 Å². The van der Waals surface area contributed by atoms with Gasteiger partial charge in [-0.1, -0.05) is 60.3 Å². The predicted molar refractivity (Wildman–Crippen MR) is 90.7 cm³/mol. The summed E-state index contributed by atoms with van der Waals surface area (Å²) in [6.07, 6.45) is 5.38. The van der Waals surface area contributed by atoms with Crippen LogP contribution >= 0.6 is 0 Å². The van der Waals surface area contributed by atoms with E-state index in [1.54, 1.807) is 7.11 Å². The fourth-order valence-electron chi connectivity index (χ4n) is 2.35. The van der Waals surface area contributed by atoms with E-state index < -0.39 is 0 Å². The zero-order valence-electron chi connectivity index (χ0n) is 15.1. The maximum absolute atomic E-state index is 5.32. The maximum atomic E-state index is 5.32. The molecule has 1 heteroatoms. The number of ether oxygens (including phenoxy) is 1. The predicted octanol–water partition coefficient (Wildman–Crippen LogP) is 6.14. The Morgan fingerprint density at radius 1 is 1.10 bits per heavy atom. The molecule has 0 rings (SSSR count). The van der Waals surface area contributed by atoms with E-state index in [1.807, 2.05) is 13.0 Å². The molecule has 0 fully saturated rings. The molecule has 0 amide bonds. The van der Waals surface area contributed by atoms with Gasteiger partial charge in [0.15, 0.2) is 0 Å². The molecule has 0 aromatic carbocycles. The third-order valence-corrected chi connectivity index (χ3v) is 3.74. The lowest BCUT2D eigenvalue weighted by atomic mass is 9.68. The van der Waals surface area contributed by atoms with Crippen LogP contribution in [-0.4, -0.2) is 7.11 Å². The van der Waals surface area contributed by atoms with Crippen LogP contribution < -0.4 is 0 Å². The molecule has 116 valence electrons. The average molecular weight is 278 g/mol. The van der Waals surface area contributed by atoms with Crippen molar-refractivity contribution < 1.29 is 4.74 Å². The van der Waals surface area contributed by atoms with Gasteiger partial charge in [0.1, 0.15) is 0 Å². The van der Waals surface area contributed by atoms with Crippen molar-refractivity contribution in [1.29, 1.82) is 0 Å². The summed E-state index contributed by atoms with van der Waals surface area (Å²) >= 11 is 0. The Kier molecular flexibility index (Phi) is 6.80. The van der Waals surface area contributed by atoms with Crippen LogP contribution in [-0.2, 0) is 4.74 Å². The standard InChI is InChI=1S/C19H34O/c1-11-16(12-14(2)15(3)20-10)17(19(7,8)9)13-18(4,5)6/h11-12,17H,1,13H2,2-10H3/b15-14+,16-12+. The van der Waals surface area contributed by atoms with Crippen molar-refractivity contribution in [2.24, 2.45) is 16.7 Å². The first-order chi connectivity index (χ1) is 8.92. The molecule has 0 aromatic rings. The molecule has 20 heavy (non-hydrogen) atoms. The fraction of sp³-hybridized carbons (Fsp3) is 0.684. The first-order valence-corrected chi connectivity index (χ1v) is 7.48. The van der Waals surface area contributed by atoms with Crippen LogP contribution in [0.15, 0.2) is 35.6 Å². The van der Waals surface area contributed by atoms with E-state index in [1.165, 1.54) is 11.1 Å². The van der Waals surface area contributed by atoms with Gasteiger partial charge in [-0.15, -0.1) is 0 Å². The lowest BCUT2D eigenvalue weighted by molar-refractivity contribution is 0.199. The van der Waals surface area contributed by atoms with Crippen molar-refractivity contribution in [1.82, 2.24) is 0 Å². The van der Waals surface area contributed by atoms with Gasteiger partial charge in [-0.25, -0.2) is 0 Å². The summed E-state index contributed by atoms with van der Waals surface area (Å²) in [4.78, 5) is 0. The SMILES string of the molecule is C=C/C(=C\C(C)=C(/C)OC)C(CC(C)(C)C)C(C)(C)C.